The monoisotopic (exact) mass is 417 g/mol. The molecule has 0 radical (unpaired) electrons. The first-order valence-corrected chi connectivity index (χ1v) is 9.84. The molecule has 146 valence electrons. The van der Waals surface area contributed by atoms with Crippen molar-refractivity contribution in [2.24, 2.45) is 0 Å². The summed E-state index contributed by atoms with van der Waals surface area (Å²) in [6, 6.07) is 14.9. The number of hydrogen-bond acceptors (Lipinski definition) is 6. The number of carbonyl (C=O) groups is 1. The Hall–Kier alpha value is -2.48. The van der Waals surface area contributed by atoms with Crippen molar-refractivity contribution in [2.75, 3.05) is 31.8 Å². The molecule has 8 heteroatoms. The average Bonchev–Trinajstić information content (AvgIpc) is 3.18. The van der Waals surface area contributed by atoms with Gasteiger partial charge in [0.25, 0.3) is 5.91 Å². The number of halogens is 1. The van der Waals surface area contributed by atoms with E-state index in [1.54, 1.807) is 31.4 Å². The van der Waals surface area contributed by atoms with Crippen LogP contribution in [0.5, 0.6) is 5.75 Å². The molecule has 0 saturated heterocycles. The van der Waals surface area contributed by atoms with Gasteiger partial charge >= 0.3 is 0 Å². The number of benzene rings is 2. The minimum absolute atomic E-state index is 0.120. The number of hydrogen-bond donors (Lipinski definition) is 0. The summed E-state index contributed by atoms with van der Waals surface area (Å²) in [5.41, 5.74) is 2.13. The van der Waals surface area contributed by atoms with Crippen LogP contribution in [0.4, 0.5) is 5.13 Å². The van der Waals surface area contributed by atoms with Crippen molar-refractivity contribution in [1.82, 2.24) is 10.2 Å². The Morgan fingerprint density at radius 3 is 2.50 bits per heavy atom. The lowest BCUT2D eigenvalue weighted by atomic mass is 10.2. The highest BCUT2D eigenvalue weighted by Gasteiger charge is 2.21. The van der Waals surface area contributed by atoms with Crippen molar-refractivity contribution >= 4 is 34.0 Å². The number of aryl methyl sites for hydroxylation is 1. The number of anilines is 1. The summed E-state index contributed by atoms with van der Waals surface area (Å²) in [6.07, 6.45) is 0. The Kier molecular flexibility index (Phi) is 6.97. The van der Waals surface area contributed by atoms with Crippen LogP contribution in [0.1, 0.15) is 5.56 Å². The molecular weight excluding hydrogens is 398 g/mol. The highest BCUT2D eigenvalue weighted by atomic mass is 35.5. The maximum Gasteiger partial charge on any atom is 0.266 e. The van der Waals surface area contributed by atoms with Gasteiger partial charge < -0.3 is 9.47 Å². The summed E-state index contributed by atoms with van der Waals surface area (Å²) in [5, 5.41) is 10.3. The lowest BCUT2D eigenvalue weighted by Crippen LogP contribution is -2.37. The third-order valence-electron chi connectivity index (χ3n) is 3.94. The molecular formula is C20H20ClN3O3S. The zero-order valence-corrected chi connectivity index (χ0v) is 17.2. The van der Waals surface area contributed by atoms with E-state index < -0.39 is 0 Å². The molecule has 3 aromatic rings. The second-order valence-electron chi connectivity index (χ2n) is 6.04. The minimum atomic E-state index is -0.224. The normalized spacial score (nSPS) is 10.7. The number of rotatable bonds is 8. The largest absolute Gasteiger partial charge is 0.484 e. The third-order valence-corrected chi connectivity index (χ3v) is 5.19. The van der Waals surface area contributed by atoms with E-state index in [4.69, 9.17) is 21.1 Å². The van der Waals surface area contributed by atoms with E-state index in [1.165, 1.54) is 21.8 Å². The summed E-state index contributed by atoms with van der Waals surface area (Å²) in [4.78, 5) is 14.3. The van der Waals surface area contributed by atoms with Gasteiger partial charge in [0.05, 0.1) is 13.2 Å². The second kappa shape index (κ2) is 9.64. The Labute approximate surface area is 172 Å². The van der Waals surface area contributed by atoms with Gasteiger partial charge in [0, 0.05) is 17.7 Å². The molecule has 2 aromatic carbocycles. The van der Waals surface area contributed by atoms with Gasteiger partial charge in [0.15, 0.2) is 6.61 Å². The highest BCUT2D eigenvalue weighted by molar-refractivity contribution is 7.18. The van der Waals surface area contributed by atoms with Gasteiger partial charge in [-0.15, -0.1) is 10.2 Å². The van der Waals surface area contributed by atoms with Crippen LogP contribution in [0.3, 0.4) is 0 Å². The van der Waals surface area contributed by atoms with Crippen LogP contribution in [0.15, 0.2) is 48.5 Å². The van der Waals surface area contributed by atoms with E-state index in [0.29, 0.717) is 29.1 Å². The van der Waals surface area contributed by atoms with E-state index >= 15 is 0 Å². The van der Waals surface area contributed by atoms with Crippen LogP contribution in [0.2, 0.25) is 5.02 Å². The van der Waals surface area contributed by atoms with Crippen molar-refractivity contribution in [1.29, 1.82) is 0 Å². The van der Waals surface area contributed by atoms with Crippen LogP contribution >= 0.6 is 22.9 Å². The minimum Gasteiger partial charge on any atom is -0.484 e. The number of ether oxygens (including phenoxy) is 2. The predicted octanol–water partition coefficient (Wildman–Crippen LogP) is 4.23. The first kappa shape index (κ1) is 20.3. The number of nitrogens with zero attached hydrogens (tertiary/aromatic N) is 3. The maximum absolute atomic E-state index is 12.7. The molecule has 0 aliphatic heterocycles. The summed E-state index contributed by atoms with van der Waals surface area (Å²) in [7, 11) is 1.59. The molecule has 0 atom stereocenters. The Balaban J connectivity index is 1.72. The fraction of sp³-hybridized carbons (Fsp3) is 0.250. The summed E-state index contributed by atoms with van der Waals surface area (Å²) >= 11 is 7.22. The fourth-order valence-electron chi connectivity index (χ4n) is 2.40. The third kappa shape index (κ3) is 5.28. The summed E-state index contributed by atoms with van der Waals surface area (Å²) in [6.45, 7) is 2.65. The van der Waals surface area contributed by atoms with Gasteiger partial charge in [-0.3, -0.25) is 9.69 Å². The van der Waals surface area contributed by atoms with Gasteiger partial charge in [0.1, 0.15) is 10.8 Å². The van der Waals surface area contributed by atoms with Crippen LogP contribution < -0.4 is 9.64 Å². The second-order valence-corrected chi connectivity index (χ2v) is 7.43. The van der Waals surface area contributed by atoms with Gasteiger partial charge in [-0.1, -0.05) is 52.8 Å². The van der Waals surface area contributed by atoms with Gasteiger partial charge in [-0.05, 0) is 31.2 Å². The SMILES string of the molecule is COCCN(C(=O)COc1ccc(Cl)cc1)c1nnc(-c2ccc(C)cc2)s1. The van der Waals surface area contributed by atoms with Crippen LogP contribution in [0, 0.1) is 6.92 Å². The smallest absolute Gasteiger partial charge is 0.266 e. The molecule has 0 N–H and O–H groups in total. The van der Waals surface area contributed by atoms with Crippen molar-refractivity contribution in [3.8, 4) is 16.3 Å². The van der Waals surface area contributed by atoms with Gasteiger partial charge in [-0.2, -0.15) is 0 Å². The quantitative estimate of drug-likeness (QED) is 0.549. The molecule has 0 fully saturated rings. The Bertz CT molecular complexity index is 913. The molecule has 6 nitrogen and oxygen atoms in total. The van der Waals surface area contributed by atoms with Crippen molar-refractivity contribution < 1.29 is 14.3 Å². The zero-order valence-electron chi connectivity index (χ0n) is 15.6. The summed E-state index contributed by atoms with van der Waals surface area (Å²) in [5.74, 6) is 0.348. The molecule has 3 rings (SSSR count). The van der Waals surface area contributed by atoms with E-state index in [2.05, 4.69) is 10.2 Å². The van der Waals surface area contributed by atoms with E-state index in [9.17, 15) is 4.79 Å². The number of methoxy groups -OCH3 is 1. The standard InChI is InChI=1S/C20H20ClN3O3S/c1-14-3-5-15(6-4-14)19-22-23-20(28-19)24(11-12-26-2)18(25)13-27-17-9-7-16(21)8-10-17/h3-10H,11-13H2,1-2H3. The predicted molar refractivity (Wildman–Crippen MR) is 111 cm³/mol. The van der Waals surface area contributed by atoms with Gasteiger partial charge in [0.2, 0.25) is 5.13 Å². The fourth-order valence-corrected chi connectivity index (χ4v) is 3.42. The van der Waals surface area contributed by atoms with Crippen LogP contribution in [-0.2, 0) is 9.53 Å². The average molecular weight is 418 g/mol. The van der Waals surface area contributed by atoms with Gasteiger partial charge in [-0.25, -0.2) is 0 Å². The molecule has 1 amide bonds. The lowest BCUT2D eigenvalue weighted by Gasteiger charge is -2.19. The molecule has 0 aliphatic carbocycles. The van der Waals surface area contributed by atoms with E-state index in [0.717, 1.165) is 10.6 Å². The highest BCUT2D eigenvalue weighted by Crippen LogP contribution is 2.29. The summed E-state index contributed by atoms with van der Waals surface area (Å²) < 4.78 is 10.7. The molecule has 1 aromatic heterocycles. The molecule has 0 aliphatic rings. The van der Waals surface area contributed by atoms with Crippen LogP contribution in [-0.4, -0.2) is 43.0 Å². The zero-order chi connectivity index (χ0) is 19.9. The molecule has 0 unspecified atom stereocenters. The topological polar surface area (TPSA) is 64.5 Å². The maximum atomic E-state index is 12.7. The Morgan fingerprint density at radius 2 is 1.82 bits per heavy atom. The Morgan fingerprint density at radius 1 is 1.11 bits per heavy atom. The van der Waals surface area contributed by atoms with Crippen LogP contribution in [0.25, 0.3) is 10.6 Å². The van der Waals surface area contributed by atoms with E-state index in [-0.39, 0.29) is 12.5 Å². The molecule has 28 heavy (non-hydrogen) atoms. The first-order valence-electron chi connectivity index (χ1n) is 8.65. The van der Waals surface area contributed by atoms with Crippen molar-refractivity contribution in [3.63, 3.8) is 0 Å². The molecule has 0 bridgehead atoms. The molecule has 1 heterocycles. The number of aromatic nitrogens is 2. The van der Waals surface area contributed by atoms with E-state index in [1.807, 2.05) is 31.2 Å². The number of carbonyl (C=O) groups excluding carboxylic acids is 1. The van der Waals surface area contributed by atoms with Crippen molar-refractivity contribution in [2.45, 2.75) is 6.92 Å². The van der Waals surface area contributed by atoms with Crippen molar-refractivity contribution in [3.05, 3.63) is 59.1 Å². The first-order chi connectivity index (χ1) is 13.6. The molecule has 0 spiro atoms. The molecule has 0 saturated carbocycles. The number of amides is 1. The lowest BCUT2D eigenvalue weighted by molar-refractivity contribution is -0.120.